The summed E-state index contributed by atoms with van der Waals surface area (Å²) in [4.78, 5) is 18.2. The topological polar surface area (TPSA) is 23.6 Å². The molecule has 2 aromatic carbocycles. The molecule has 0 aromatic heterocycles. The van der Waals surface area contributed by atoms with Crippen molar-refractivity contribution < 1.29 is 4.79 Å². The summed E-state index contributed by atoms with van der Waals surface area (Å²) in [5.74, 6) is 0.657. The number of benzene rings is 2. The Morgan fingerprint density at radius 1 is 1.12 bits per heavy atom. The molecule has 3 nitrogen and oxygen atoms in total. The van der Waals surface area contributed by atoms with Crippen LogP contribution in [0.1, 0.15) is 31.4 Å². The van der Waals surface area contributed by atoms with Gasteiger partial charge in [0.05, 0.1) is 11.1 Å². The number of likely N-dealkylation sites (tertiary alicyclic amines) is 1. The molecule has 1 amide bonds. The first-order valence-corrected chi connectivity index (χ1v) is 9.18. The number of carbonyl (C=O) groups is 1. The highest BCUT2D eigenvalue weighted by Gasteiger charge is 2.60. The van der Waals surface area contributed by atoms with Gasteiger partial charge in [0.15, 0.2) is 0 Å². The molecule has 4 rings (SSSR count). The number of nitrogens with zero attached hydrogens (tertiary/aromatic N) is 2. The molecular weight excluding hydrogens is 308 g/mol. The number of hydrogen-bond acceptors (Lipinski definition) is 2. The van der Waals surface area contributed by atoms with Crippen molar-refractivity contribution in [3.05, 3.63) is 59.7 Å². The molecule has 0 bridgehead atoms. The minimum atomic E-state index is -0.427. The molecule has 1 fully saturated rings. The van der Waals surface area contributed by atoms with Crippen LogP contribution in [0.15, 0.2) is 48.5 Å². The zero-order valence-corrected chi connectivity index (χ0v) is 15.5. The molecule has 25 heavy (non-hydrogen) atoms. The van der Waals surface area contributed by atoms with E-state index >= 15 is 0 Å². The van der Waals surface area contributed by atoms with Gasteiger partial charge >= 0.3 is 0 Å². The highest BCUT2D eigenvalue weighted by molar-refractivity contribution is 6.13. The van der Waals surface area contributed by atoms with Crippen LogP contribution in [0.5, 0.6) is 0 Å². The summed E-state index contributed by atoms with van der Waals surface area (Å²) in [5, 5.41) is 0. The van der Waals surface area contributed by atoms with Gasteiger partial charge < -0.3 is 4.90 Å². The fraction of sp³-hybridized carbons (Fsp3) is 0.409. The summed E-state index contributed by atoms with van der Waals surface area (Å²) >= 11 is 0. The van der Waals surface area contributed by atoms with E-state index in [-0.39, 0.29) is 11.9 Å². The second-order valence-electron chi connectivity index (χ2n) is 7.89. The fourth-order valence-corrected chi connectivity index (χ4v) is 5.11. The first-order chi connectivity index (χ1) is 12.0. The average Bonchev–Trinajstić information content (AvgIpc) is 3.05. The van der Waals surface area contributed by atoms with Crippen LogP contribution >= 0.6 is 0 Å². The number of para-hydroxylation sites is 1. The molecule has 1 spiro atoms. The summed E-state index contributed by atoms with van der Waals surface area (Å²) in [6, 6.07) is 16.9. The van der Waals surface area contributed by atoms with E-state index in [0.29, 0.717) is 5.92 Å². The first kappa shape index (κ1) is 16.3. The molecule has 2 heterocycles. The van der Waals surface area contributed by atoms with Crippen molar-refractivity contribution in [3.8, 4) is 0 Å². The van der Waals surface area contributed by atoms with Crippen LogP contribution in [0.4, 0.5) is 11.4 Å². The van der Waals surface area contributed by atoms with Crippen molar-refractivity contribution >= 4 is 17.3 Å². The number of hydrogen-bond donors (Lipinski definition) is 0. The number of fused-ring (bicyclic) bond motifs is 2. The molecule has 0 aliphatic carbocycles. The minimum absolute atomic E-state index is 0.232. The SMILES string of the molecule is Cc1cccc(N2C(=O)[C@@]3(CCN(C)[C@H]3C(C)C)c3ccccc32)c1. The van der Waals surface area contributed by atoms with Crippen molar-refractivity contribution in [1.29, 1.82) is 0 Å². The van der Waals surface area contributed by atoms with Crippen LogP contribution in [-0.4, -0.2) is 30.4 Å². The highest BCUT2D eigenvalue weighted by atomic mass is 16.2. The number of rotatable bonds is 2. The van der Waals surface area contributed by atoms with Crippen LogP contribution in [0.25, 0.3) is 0 Å². The van der Waals surface area contributed by atoms with E-state index < -0.39 is 5.41 Å². The third-order valence-electron chi connectivity index (χ3n) is 5.94. The molecule has 1 saturated heterocycles. The monoisotopic (exact) mass is 334 g/mol. The van der Waals surface area contributed by atoms with Gasteiger partial charge in [0.25, 0.3) is 0 Å². The quantitative estimate of drug-likeness (QED) is 0.819. The van der Waals surface area contributed by atoms with Crippen molar-refractivity contribution in [2.75, 3.05) is 18.5 Å². The maximum Gasteiger partial charge on any atom is 0.243 e. The maximum atomic E-state index is 13.9. The summed E-state index contributed by atoms with van der Waals surface area (Å²) in [6.45, 7) is 7.51. The smallest absolute Gasteiger partial charge is 0.243 e. The lowest BCUT2D eigenvalue weighted by Gasteiger charge is -2.36. The summed E-state index contributed by atoms with van der Waals surface area (Å²) in [5.41, 5.74) is 3.98. The predicted octanol–water partition coefficient (Wildman–Crippen LogP) is 4.27. The first-order valence-electron chi connectivity index (χ1n) is 9.18. The predicted molar refractivity (Wildman–Crippen MR) is 102 cm³/mol. The Labute approximate surface area is 150 Å². The van der Waals surface area contributed by atoms with Crippen LogP contribution in [-0.2, 0) is 10.2 Å². The van der Waals surface area contributed by atoms with E-state index in [4.69, 9.17) is 0 Å². The molecule has 130 valence electrons. The van der Waals surface area contributed by atoms with E-state index in [1.54, 1.807) is 0 Å². The molecular formula is C22H26N2O. The third kappa shape index (κ3) is 2.18. The second-order valence-corrected chi connectivity index (χ2v) is 7.89. The second kappa shape index (κ2) is 5.70. The normalized spacial score (nSPS) is 26.0. The van der Waals surface area contributed by atoms with Gasteiger partial charge in [0.2, 0.25) is 5.91 Å². The number of likely N-dealkylation sites (N-methyl/N-ethyl adjacent to an activating group) is 1. The van der Waals surface area contributed by atoms with Crippen molar-refractivity contribution in [3.63, 3.8) is 0 Å². The standard InChI is InChI=1S/C22H26N2O/c1-15(2)20-22(12-13-23(20)4)18-10-5-6-11-19(18)24(21(22)25)17-9-7-8-16(3)14-17/h5-11,14-15,20H,12-13H2,1-4H3/t20-,22-/m0/s1. The molecule has 0 saturated carbocycles. The number of amides is 1. The van der Waals surface area contributed by atoms with Gasteiger partial charge in [0, 0.05) is 11.7 Å². The molecule has 2 aliphatic rings. The summed E-state index contributed by atoms with van der Waals surface area (Å²) < 4.78 is 0. The van der Waals surface area contributed by atoms with Crippen LogP contribution in [0.3, 0.4) is 0 Å². The zero-order chi connectivity index (χ0) is 17.8. The Morgan fingerprint density at radius 2 is 1.88 bits per heavy atom. The van der Waals surface area contributed by atoms with Gasteiger partial charge in [-0.3, -0.25) is 9.69 Å². The Kier molecular flexibility index (Phi) is 3.73. The van der Waals surface area contributed by atoms with Crippen LogP contribution in [0.2, 0.25) is 0 Å². The van der Waals surface area contributed by atoms with E-state index in [1.165, 1.54) is 11.1 Å². The molecule has 2 aromatic rings. The summed E-state index contributed by atoms with van der Waals surface area (Å²) in [6.07, 6.45) is 0.893. The Bertz CT molecular complexity index is 828. The van der Waals surface area contributed by atoms with Gasteiger partial charge in [-0.05, 0) is 62.2 Å². The number of aryl methyl sites for hydroxylation is 1. The van der Waals surface area contributed by atoms with Gasteiger partial charge in [0.1, 0.15) is 0 Å². The molecule has 2 atom stereocenters. The van der Waals surface area contributed by atoms with Crippen LogP contribution < -0.4 is 4.90 Å². The lowest BCUT2D eigenvalue weighted by molar-refractivity contribution is -0.123. The van der Waals surface area contributed by atoms with Crippen molar-refractivity contribution in [1.82, 2.24) is 4.90 Å². The van der Waals surface area contributed by atoms with Gasteiger partial charge in [-0.25, -0.2) is 0 Å². The van der Waals surface area contributed by atoms with Gasteiger partial charge in [-0.15, -0.1) is 0 Å². The highest BCUT2D eigenvalue weighted by Crippen LogP contribution is 2.54. The zero-order valence-electron chi connectivity index (χ0n) is 15.5. The lowest BCUT2D eigenvalue weighted by Crippen LogP contribution is -2.50. The van der Waals surface area contributed by atoms with Crippen LogP contribution in [0, 0.1) is 12.8 Å². The Hall–Kier alpha value is -2.13. The van der Waals surface area contributed by atoms with E-state index in [2.05, 4.69) is 63.1 Å². The molecule has 2 aliphatic heterocycles. The number of carbonyl (C=O) groups excluding carboxylic acids is 1. The fourth-order valence-electron chi connectivity index (χ4n) is 5.11. The largest absolute Gasteiger partial charge is 0.302 e. The number of anilines is 2. The minimum Gasteiger partial charge on any atom is -0.302 e. The van der Waals surface area contributed by atoms with Gasteiger partial charge in [-0.1, -0.05) is 44.2 Å². The molecule has 3 heteroatoms. The Morgan fingerprint density at radius 3 is 2.60 bits per heavy atom. The molecule has 0 unspecified atom stereocenters. The molecule has 0 radical (unpaired) electrons. The van der Waals surface area contributed by atoms with E-state index in [9.17, 15) is 4.79 Å². The van der Waals surface area contributed by atoms with Crippen molar-refractivity contribution in [2.45, 2.75) is 38.6 Å². The van der Waals surface area contributed by atoms with Gasteiger partial charge in [-0.2, -0.15) is 0 Å². The maximum absolute atomic E-state index is 13.9. The molecule has 0 N–H and O–H groups in total. The van der Waals surface area contributed by atoms with E-state index in [0.717, 1.165) is 24.3 Å². The average molecular weight is 334 g/mol. The Balaban J connectivity index is 1.93. The van der Waals surface area contributed by atoms with E-state index in [1.807, 2.05) is 23.1 Å². The lowest BCUT2D eigenvalue weighted by atomic mass is 9.71. The summed E-state index contributed by atoms with van der Waals surface area (Å²) in [7, 11) is 2.16. The van der Waals surface area contributed by atoms with Crippen molar-refractivity contribution in [2.24, 2.45) is 5.92 Å². The third-order valence-corrected chi connectivity index (χ3v) is 5.94.